The Hall–Kier alpha value is -10.1. The van der Waals surface area contributed by atoms with Gasteiger partial charge in [0.15, 0.2) is 29.1 Å². The summed E-state index contributed by atoms with van der Waals surface area (Å²) >= 11 is 0. The first-order valence-electron chi connectivity index (χ1n) is 25.4. The number of allylic oxidation sites excluding steroid dienone is 4. The smallest absolute Gasteiger partial charge is 0.238 e. The lowest BCUT2D eigenvalue weighted by Gasteiger charge is -2.16. The third kappa shape index (κ3) is 6.86. The standard InChI is InChI=1S/C66H43N9/c1-5-22-42(23-6-1)61-67-62(43-24-7-2-8-25-43)69-64(68-61)52-33-16-20-39-57(52)74-55-37-18-14-31-47(55)50-40-41-51-48-32-15-19-38-56(48)75(60(51)59(50)74)66-71-63(44-26-9-3-10-27-44)70-65(72-66)53-35-21-34-49-46-30-13-17-36-54(46)73(58(49)53)45-28-11-4-12-29-45/h1,3-7,9-41H,2,8H2. The minimum absolute atomic E-state index is 0.505. The average Bonchev–Trinajstić information content (AvgIpc) is 4.14. The van der Waals surface area contributed by atoms with Crippen LogP contribution in [0.25, 0.3) is 134 Å². The summed E-state index contributed by atoms with van der Waals surface area (Å²) < 4.78 is 6.99. The van der Waals surface area contributed by atoms with E-state index in [4.69, 9.17) is 29.9 Å². The van der Waals surface area contributed by atoms with E-state index in [1.54, 1.807) is 0 Å². The van der Waals surface area contributed by atoms with Crippen LogP contribution in [-0.2, 0) is 0 Å². The fraction of sp³-hybridized carbons (Fsp3) is 0.0303. The molecule has 0 amide bonds. The molecule has 0 saturated heterocycles. The first-order chi connectivity index (χ1) is 37.2. The minimum Gasteiger partial charge on any atom is -0.309 e. The fourth-order valence-electron chi connectivity index (χ4n) is 11.3. The van der Waals surface area contributed by atoms with Gasteiger partial charge in [-0.2, -0.15) is 9.97 Å². The second kappa shape index (κ2) is 17.3. The summed E-state index contributed by atoms with van der Waals surface area (Å²) in [5, 5.41) is 6.62. The van der Waals surface area contributed by atoms with Crippen molar-refractivity contribution in [3.8, 4) is 62.9 Å². The first kappa shape index (κ1) is 42.6. The molecule has 0 bridgehead atoms. The topological polar surface area (TPSA) is 92.1 Å². The quantitative estimate of drug-likeness (QED) is 0.151. The lowest BCUT2D eigenvalue weighted by Crippen LogP contribution is -2.08. The van der Waals surface area contributed by atoms with Crippen molar-refractivity contribution in [1.29, 1.82) is 0 Å². The molecule has 352 valence electrons. The van der Waals surface area contributed by atoms with Crippen LogP contribution in [0.2, 0.25) is 0 Å². The maximum Gasteiger partial charge on any atom is 0.238 e. The molecule has 0 saturated carbocycles. The number of para-hydroxylation sites is 6. The highest BCUT2D eigenvalue weighted by molar-refractivity contribution is 6.24. The Balaban J connectivity index is 1.04. The maximum absolute atomic E-state index is 5.63. The molecule has 0 fully saturated rings. The van der Waals surface area contributed by atoms with Crippen LogP contribution in [0.3, 0.4) is 0 Å². The van der Waals surface area contributed by atoms with Gasteiger partial charge in [-0.05, 0) is 61.4 Å². The van der Waals surface area contributed by atoms with Gasteiger partial charge in [-0.3, -0.25) is 4.57 Å². The zero-order valence-electron chi connectivity index (χ0n) is 40.5. The van der Waals surface area contributed by atoms with Crippen molar-refractivity contribution in [2.45, 2.75) is 12.8 Å². The van der Waals surface area contributed by atoms with Gasteiger partial charge >= 0.3 is 0 Å². The molecule has 15 rings (SSSR count). The van der Waals surface area contributed by atoms with Crippen LogP contribution in [0.15, 0.2) is 237 Å². The molecule has 0 N–H and O–H groups in total. The number of benzene rings is 9. The van der Waals surface area contributed by atoms with Crippen LogP contribution in [-0.4, -0.2) is 43.6 Å². The molecular formula is C66H43N9. The molecule has 0 spiro atoms. The molecule has 0 unspecified atom stereocenters. The van der Waals surface area contributed by atoms with E-state index in [1.807, 2.05) is 36.4 Å². The van der Waals surface area contributed by atoms with Crippen LogP contribution < -0.4 is 0 Å². The van der Waals surface area contributed by atoms with E-state index < -0.39 is 0 Å². The summed E-state index contributed by atoms with van der Waals surface area (Å²) in [6, 6.07) is 76.3. The van der Waals surface area contributed by atoms with Crippen LogP contribution in [0, 0.1) is 0 Å². The summed E-state index contributed by atoms with van der Waals surface area (Å²) in [5.74, 6) is 3.50. The highest BCUT2D eigenvalue weighted by Gasteiger charge is 2.27. The Morgan fingerprint density at radius 1 is 0.307 bits per heavy atom. The van der Waals surface area contributed by atoms with Gasteiger partial charge in [0, 0.05) is 65.8 Å². The van der Waals surface area contributed by atoms with Crippen LogP contribution >= 0.6 is 0 Å². The van der Waals surface area contributed by atoms with Gasteiger partial charge in [-0.1, -0.05) is 188 Å². The highest BCUT2D eigenvalue weighted by atomic mass is 15.2. The van der Waals surface area contributed by atoms with Gasteiger partial charge in [0.05, 0.1) is 38.8 Å². The van der Waals surface area contributed by atoms with E-state index in [2.05, 4.69) is 214 Å². The largest absolute Gasteiger partial charge is 0.309 e. The fourth-order valence-corrected chi connectivity index (χ4v) is 11.3. The number of rotatable bonds is 8. The van der Waals surface area contributed by atoms with Crippen LogP contribution in [0.1, 0.15) is 18.7 Å². The molecule has 0 aliphatic heterocycles. The lowest BCUT2D eigenvalue weighted by molar-refractivity contribution is 0.953. The highest BCUT2D eigenvalue weighted by Crippen LogP contribution is 2.44. The summed E-state index contributed by atoms with van der Waals surface area (Å²) in [6.07, 6.45) is 8.47. The molecule has 0 radical (unpaired) electrons. The number of aromatic nitrogens is 9. The lowest BCUT2D eigenvalue weighted by atomic mass is 10.1. The van der Waals surface area contributed by atoms with Crippen LogP contribution in [0.5, 0.6) is 0 Å². The number of hydrogen-bond acceptors (Lipinski definition) is 6. The molecule has 75 heavy (non-hydrogen) atoms. The van der Waals surface area contributed by atoms with Crippen molar-refractivity contribution < 1.29 is 0 Å². The van der Waals surface area contributed by atoms with E-state index in [1.165, 1.54) is 0 Å². The number of hydrogen-bond donors (Lipinski definition) is 0. The third-order valence-corrected chi connectivity index (χ3v) is 14.6. The Morgan fingerprint density at radius 2 is 0.773 bits per heavy atom. The zero-order valence-corrected chi connectivity index (χ0v) is 40.5. The molecule has 5 heterocycles. The zero-order chi connectivity index (χ0) is 49.4. The molecule has 0 atom stereocenters. The van der Waals surface area contributed by atoms with E-state index in [0.29, 0.717) is 35.1 Å². The van der Waals surface area contributed by atoms with Crippen LogP contribution in [0.4, 0.5) is 0 Å². The summed E-state index contributed by atoms with van der Waals surface area (Å²) in [4.78, 5) is 32.2. The maximum atomic E-state index is 5.63. The van der Waals surface area contributed by atoms with Gasteiger partial charge < -0.3 is 9.13 Å². The summed E-state index contributed by atoms with van der Waals surface area (Å²) in [7, 11) is 0. The molecule has 5 aromatic heterocycles. The van der Waals surface area contributed by atoms with Gasteiger partial charge in [0.2, 0.25) is 5.95 Å². The second-order valence-electron chi connectivity index (χ2n) is 18.9. The molecule has 1 aliphatic carbocycles. The van der Waals surface area contributed by atoms with Crippen molar-refractivity contribution in [2.24, 2.45) is 0 Å². The third-order valence-electron chi connectivity index (χ3n) is 14.6. The van der Waals surface area contributed by atoms with Crippen molar-refractivity contribution in [2.75, 3.05) is 0 Å². The minimum atomic E-state index is 0.505. The van der Waals surface area contributed by atoms with Gasteiger partial charge in [-0.15, -0.1) is 0 Å². The Labute approximate surface area is 430 Å². The molecule has 1 aliphatic rings. The van der Waals surface area contributed by atoms with Gasteiger partial charge in [0.1, 0.15) is 0 Å². The predicted octanol–water partition coefficient (Wildman–Crippen LogP) is 15.7. The Kier molecular flexibility index (Phi) is 9.81. The molecule has 9 nitrogen and oxygen atoms in total. The second-order valence-corrected chi connectivity index (χ2v) is 18.9. The SMILES string of the molecule is C1=CC(c2nc(-c3ccccc3)nc(-c3ccccc3-n3c4ccccc4c4ccc5c6ccccc6n(-c6nc(-c7ccccc7)nc(-c7cccc8c9ccccc9n(-c9ccccc9)c78)n6)c5c43)n2)=CCC1. The van der Waals surface area contributed by atoms with Gasteiger partial charge in [0.25, 0.3) is 0 Å². The molecule has 14 aromatic rings. The Morgan fingerprint density at radius 3 is 1.43 bits per heavy atom. The van der Waals surface area contributed by atoms with Crippen molar-refractivity contribution in [3.63, 3.8) is 0 Å². The monoisotopic (exact) mass is 961 g/mol. The van der Waals surface area contributed by atoms with E-state index in [9.17, 15) is 0 Å². The van der Waals surface area contributed by atoms with Gasteiger partial charge in [-0.25, -0.2) is 19.9 Å². The summed E-state index contributed by atoms with van der Waals surface area (Å²) in [6.45, 7) is 0. The van der Waals surface area contributed by atoms with E-state index in [-0.39, 0.29) is 0 Å². The van der Waals surface area contributed by atoms with E-state index >= 15 is 0 Å². The van der Waals surface area contributed by atoms with Crippen molar-refractivity contribution in [3.05, 3.63) is 242 Å². The molecule has 9 aromatic carbocycles. The molecule has 9 heteroatoms. The number of nitrogens with zero attached hydrogens (tertiary/aromatic N) is 9. The predicted molar refractivity (Wildman–Crippen MR) is 304 cm³/mol. The summed E-state index contributed by atoms with van der Waals surface area (Å²) in [5.41, 5.74) is 12.7. The Bertz CT molecular complexity index is 4640. The average molecular weight is 962 g/mol. The van der Waals surface area contributed by atoms with Crippen molar-refractivity contribution >= 4 is 71.0 Å². The number of fused-ring (bicyclic) bond motifs is 10. The van der Waals surface area contributed by atoms with E-state index in [0.717, 1.165) is 117 Å². The normalized spacial score (nSPS) is 12.7. The molecular weight excluding hydrogens is 919 g/mol. The first-order valence-corrected chi connectivity index (χ1v) is 25.4. The van der Waals surface area contributed by atoms with Crippen molar-refractivity contribution in [1.82, 2.24) is 43.6 Å².